The lowest BCUT2D eigenvalue weighted by atomic mass is 10.0. The minimum absolute atomic E-state index is 1.21. The predicted octanol–water partition coefficient (Wildman–Crippen LogP) is 9.18. The molecule has 0 atom stereocenters. The third-order valence-corrected chi connectivity index (χ3v) is 6.85. The van der Waals surface area contributed by atoms with Crippen LogP contribution in [0.15, 0.2) is 12.4 Å². The molecule has 0 aromatic carbocycles. The third-order valence-electron chi connectivity index (χ3n) is 6.85. The van der Waals surface area contributed by atoms with E-state index in [1.165, 1.54) is 148 Å². The van der Waals surface area contributed by atoms with Crippen molar-refractivity contribution in [2.24, 2.45) is 0 Å². The fourth-order valence-corrected chi connectivity index (χ4v) is 4.71. The Balaban J connectivity index is 2.04. The van der Waals surface area contributed by atoms with Crippen molar-refractivity contribution in [3.05, 3.63) is 18.2 Å². The molecule has 2 heteroatoms. The Labute approximate surface area is 196 Å². The Morgan fingerprint density at radius 2 is 1.00 bits per heavy atom. The van der Waals surface area contributed by atoms with Crippen LogP contribution in [0.5, 0.6) is 0 Å². The molecule has 1 aromatic heterocycles. The maximum atomic E-state index is 2.56. The first-order chi connectivity index (χ1) is 15.3. The third kappa shape index (κ3) is 14.8. The molecule has 0 bridgehead atoms. The summed E-state index contributed by atoms with van der Waals surface area (Å²) < 4.78 is 5.10. The van der Waals surface area contributed by atoms with E-state index in [0.29, 0.717) is 0 Å². The first-order valence-electron chi connectivity index (χ1n) is 14.4. The van der Waals surface area contributed by atoms with Crippen LogP contribution in [0.3, 0.4) is 0 Å². The van der Waals surface area contributed by atoms with Gasteiger partial charge in [-0.25, -0.2) is 9.13 Å². The van der Waals surface area contributed by atoms with Crippen molar-refractivity contribution >= 4 is 0 Å². The van der Waals surface area contributed by atoms with Gasteiger partial charge in [-0.3, -0.25) is 0 Å². The Morgan fingerprint density at radius 3 is 1.52 bits per heavy atom. The second-order valence-electron chi connectivity index (χ2n) is 9.86. The highest BCUT2D eigenvalue weighted by Crippen LogP contribution is 2.13. The summed E-state index contributed by atoms with van der Waals surface area (Å²) in [5, 5.41) is 0. The summed E-state index contributed by atoms with van der Waals surface area (Å²) in [4.78, 5) is 0. The fraction of sp³-hybridized carbons (Fsp3) is 0.897. The number of aromatic nitrogens is 2. The van der Waals surface area contributed by atoms with Gasteiger partial charge >= 0.3 is 0 Å². The monoisotopic (exact) mass is 433 g/mol. The van der Waals surface area contributed by atoms with Crippen LogP contribution in [0.25, 0.3) is 0 Å². The van der Waals surface area contributed by atoms with E-state index in [1.807, 2.05) is 0 Å². The summed E-state index contributed by atoms with van der Waals surface area (Å²) in [5.74, 6) is 1.57. The van der Waals surface area contributed by atoms with Gasteiger partial charge in [-0.2, -0.15) is 0 Å². The number of hydrogen-bond donors (Lipinski definition) is 0. The van der Waals surface area contributed by atoms with Gasteiger partial charge in [0.15, 0.2) is 0 Å². The highest BCUT2D eigenvalue weighted by Gasteiger charge is 2.15. The number of aryl methyl sites for hydroxylation is 2. The van der Waals surface area contributed by atoms with Crippen molar-refractivity contribution in [3.8, 4) is 0 Å². The second kappa shape index (κ2) is 21.1. The fourth-order valence-electron chi connectivity index (χ4n) is 4.71. The number of imidazole rings is 1. The van der Waals surface area contributed by atoms with Crippen molar-refractivity contribution in [1.29, 1.82) is 0 Å². The molecule has 0 unspecified atom stereocenters. The summed E-state index contributed by atoms with van der Waals surface area (Å²) in [6.45, 7) is 9.33. The normalized spacial score (nSPS) is 11.5. The van der Waals surface area contributed by atoms with E-state index in [1.54, 1.807) is 5.82 Å². The lowest BCUT2D eigenvalue weighted by Crippen LogP contribution is -2.37. The van der Waals surface area contributed by atoms with Crippen molar-refractivity contribution < 1.29 is 4.57 Å². The Bertz CT molecular complexity index is 491. The summed E-state index contributed by atoms with van der Waals surface area (Å²) in [5.41, 5.74) is 0. The van der Waals surface area contributed by atoms with Crippen LogP contribution in [-0.4, -0.2) is 4.57 Å². The van der Waals surface area contributed by atoms with E-state index in [9.17, 15) is 0 Å². The number of rotatable bonds is 23. The van der Waals surface area contributed by atoms with E-state index in [-0.39, 0.29) is 0 Å². The van der Waals surface area contributed by atoms with Crippen LogP contribution in [0, 0.1) is 0 Å². The first-order valence-corrected chi connectivity index (χ1v) is 14.4. The van der Waals surface area contributed by atoms with E-state index in [2.05, 4.69) is 42.3 Å². The quantitative estimate of drug-likeness (QED) is 0.120. The molecule has 0 saturated carbocycles. The van der Waals surface area contributed by atoms with Crippen molar-refractivity contribution in [3.63, 3.8) is 0 Å². The predicted molar refractivity (Wildman–Crippen MR) is 138 cm³/mol. The Kier molecular flexibility index (Phi) is 19.2. The van der Waals surface area contributed by atoms with Gasteiger partial charge in [0, 0.05) is 6.42 Å². The molecule has 0 aliphatic heterocycles. The molecule has 1 rings (SSSR count). The first kappa shape index (κ1) is 28.2. The molecule has 0 fully saturated rings. The Hall–Kier alpha value is -0.790. The molecule has 182 valence electrons. The van der Waals surface area contributed by atoms with Crippen molar-refractivity contribution in [2.75, 3.05) is 0 Å². The zero-order valence-corrected chi connectivity index (χ0v) is 21.8. The molecule has 0 aliphatic carbocycles. The molecule has 2 nitrogen and oxygen atoms in total. The van der Waals surface area contributed by atoms with Gasteiger partial charge in [0.1, 0.15) is 12.4 Å². The van der Waals surface area contributed by atoms with Crippen molar-refractivity contribution in [2.45, 2.75) is 169 Å². The summed E-state index contributed by atoms with van der Waals surface area (Å²) in [7, 11) is 0. The van der Waals surface area contributed by atoms with Crippen LogP contribution in [-0.2, 0) is 19.5 Å². The summed E-state index contributed by atoms with van der Waals surface area (Å²) >= 11 is 0. The average molecular weight is 434 g/mol. The number of nitrogens with zero attached hydrogens (tertiary/aromatic N) is 2. The average Bonchev–Trinajstić information content (AvgIpc) is 3.16. The number of hydrogen-bond acceptors (Lipinski definition) is 0. The maximum absolute atomic E-state index is 2.56. The van der Waals surface area contributed by atoms with Crippen LogP contribution >= 0.6 is 0 Å². The SMILES string of the molecule is CCCCCCCCCCCCCCCCC[n+]1ccn(CCCCC)c1CCCC. The highest BCUT2D eigenvalue weighted by atomic mass is 15.1. The highest BCUT2D eigenvalue weighted by molar-refractivity contribution is 4.84. The van der Waals surface area contributed by atoms with Gasteiger partial charge in [-0.15, -0.1) is 0 Å². The van der Waals surface area contributed by atoms with Gasteiger partial charge in [0.25, 0.3) is 5.82 Å². The largest absolute Gasteiger partial charge is 0.256 e. The van der Waals surface area contributed by atoms with E-state index in [4.69, 9.17) is 0 Å². The van der Waals surface area contributed by atoms with E-state index < -0.39 is 0 Å². The molecule has 0 saturated heterocycles. The zero-order valence-electron chi connectivity index (χ0n) is 21.8. The second-order valence-corrected chi connectivity index (χ2v) is 9.86. The van der Waals surface area contributed by atoms with Gasteiger partial charge in [0.05, 0.1) is 13.1 Å². The van der Waals surface area contributed by atoms with Gasteiger partial charge in [-0.1, -0.05) is 117 Å². The minimum atomic E-state index is 1.21. The van der Waals surface area contributed by atoms with Crippen LogP contribution in [0.1, 0.15) is 155 Å². The van der Waals surface area contributed by atoms with E-state index >= 15 is 0 Å². The molecule has 0 spiro atoms. The van der Waals surface area contributed by atoms with Gasteiger partial charge < -0.3 is 0 Å². The summed E-state index contributed by atoms with van der Waals surface area (Å²) in [6, 6.07) is 0. The van der Waals surface area contributed by atoms with Crippen LogP contribution < -0.4 is 4.57 Å². The molecule has 0 radical (unpaired) electrons. The lowest BCUT2D eigenvalue weighted by Gasteiger charge is -2.06. The molecule has 31 heavy (non-hydrogen) atoms. The van der Waals surface area contributed by atoms with Crippen LogP contribution in [0.2, 0.25) is 0 Å². The standard InChI is InChI=1S/C29H57N2/c1-4-7-10-11-12-13-14-15-16-17-18-19-20-21-23-26-31-28-27-30(25-22-8-5-2)29(31)24-9-6-3/h27-28H,4-26H2,1-3H3/q+1. The van der Waals surface area contributed by atoms with Gasteiger partial charge in [0.2, 0.25) is 0 Å². The topological polar surface area (TPSA) is 8.81 Å². The van der Waals surface area contributed by atoms with Crippen molar-refractivity contribution in [1.82, 2.24) is 4.57 Å². The van der Waals surface area contributed by atoms with E-state index in [0.717, 1.165) is 0 Å². The lowest BCUT2D eigenvalue weighted by molar-refractivity contribution is -0.704. The zero-order chi connectivity index (χ0) is 22.4. The molecular formula is C29H57N2+. The molecule has 0 aliphatic rings. The van der Waals surface area contributed by atoms with Gasteiger partial charge in [-0.05, 0) is 32.1 Å². The molecule has 1 heterocycles. The maximum Gasteiger partial charge on any atom is 0.256 e. The number of unbranched alkanes of at least 4 members (excludes halogenated alkanes) is 17. The molecule has 0 N–H and O–H groups in total. The summed E-state index contributed by atoms with van der Waals surface area (Å²) in [6.07, 6.45) is 34.2. The Morgan fingerprint density at radius 1 is 0.548 bits per heavy atom. The molecular weight excluding hydrogens is 376 g/mol. The minimum Gasteiger partial charge on any atom is -0.234 e. The molecule has 1 aromatic rings. The smallest absolute Gasteiger partial charge is 0.234 e. The molecule has 0 amide bonds. The van der Waals surface area contributed by atoms with Crippen LogP contribution in [0.4, 0.5) is 0 Å².